The second kappa shape index (κ2) is 10.4. The van der Waals surface area contributed by atoms with Crippen LogP contribution >= 0.6 is 0 Å². The minimum absolute atomic E-state index is 0. The minimum atomic E-state index is 0. The molecule has 0 aliphatic heterocycles. The standard InChI is InChI=1S/C9H14N2O.C3H8.CH4.H2/c1-7-3-4-11-9(5-7)12-8(2)6-10;1-3-2;;/h3-5,8H,6,10H2,1-2H3;3H2,1-2H3;1H4;1H/t8-;;;/m0.../s1. The molecule has 0 aliphatic carbocycles. The number of aromatic nitrogens is 1. The predicted octanol–water partition coefficient (Wildman–Crippen LogP) is 3.41. The van der Waals surface area contributed by atoms with Crippen molar-refractivity contribution in [2.24, 2.45) is 5.73 Å². The monoisotopic (exact) mass is 228 g/mol. The van der Waals surface area contributed by atoms with Gasteiger partial charge >= 0.3 is 0 Å². The highest BCUT2D eigenvalue weighted by atomic mass is 16.5. The maximum absolute atomic E-state index is 5.41. The number of nitrogens with zero attached hydrogens (tertiary/aromatic N) is 1. The molecule has 1 aromatic heterocycles. The maximum Gasteiger partial charge on any atom is 0.213 e. The Morgan fingerprint density at radius 2 is 2.06 bits per heavy atom. The Hall–Kier alpha value is -1.09. The van der Waals surface area contributed by atoms with E-state index >= 15 is 0 Å². The normalized spacial score (nSPS) is 10.6. The summed E-state index contributed by atoms with van der Waals surface area (Å²) < 4.78 is 5.41. The van der Waals surface area contributed by atoms with E-state index in [0.717, 1.165) is 5.56 Å². The molecule has 0 amide bonds. The van der Waals surface area contributed by atoms with Gasteiger partial charge in [-0.15, -0.1) is 0 Å². The van der Waals surface area contributed by atoms with E-state index < -0.39 is 0 Å². The van der Waals surface area contributed by atoms with Gasteiger partial charge in [0.15, 0.2) is 0 Å². The van der Waals surface area contributed by atoms with Gasteiger partial charge in [-0.1, -0.05) is 27.7 Å². The van der Waals surface area contributed by atoms with Gasteiger partial charge in [-0.25, -0.2) is 4.98 Å². The SMILES string of the molecule is C.CCC.Cc1ccnc(O[C@@H](C)CN)c1.[HH]. The fourth-order valence-electron chi connectivity index (χ4n) is 0.827. The molecule has 3 nitrogen and oxygen atoms in total. The van der Waals surface area contributed by atoms with Crippen LogP contribution in [0, 0.1) is 6.92 Å². The Kier molecular flexibility index (Phi) is 11.3. The van der Waals surface area contributed by atoms with Crippen LogP contribution in [0.25, 0.3) is 0 Å². The summed E-state index contributed by atoms with van der Waals surface area (Å²) in [7, 11) is 0. The summed E-state index contributed by atoms with van der Waals surface area (Å²) in [5.74, 6) is 0.646. The molecule has 0 saturated heterocycles. The van der Waals surface area contributed by atoms with E-state index in [1.165, 1.54) is 6.42 Å². The van der Waals surface area contributed by atoms with Gasteiger partial charge < -0.3 is 10.5 Å². The number of aryl methyl sites for hydroxylation is 1. The smallest absolute Gasteiger partial charge is 0.213 e. The van der Waals surface area contributed by atoms with Crippen LogP contribution in [-0.4, -0.2) is 17.6 Å². The van der Waals surface area contributed by atoms with E-state index in [-0.39, 0.29) is 15.0 Å². The van der Waals surface area contributed by atoms with Crippen LogP contribution in [0.4, 0.5) is 0 Å². The van der Waals surface area contributed by atoms with Gasteiger partial charge in [0, 0.05) is 20.2 Å². The van der Waals surface area contributed by atoms with E-state index in [2.05, 4.69) is 18.8 Å². The summed E-state index contributed by atoms with van der Waals surface area (Å²) in [6, 6.07) is 3.83. The first-order valence-electron chi connectivity index (χ1n) is 5.43. The maximum atomic E-state index is 5.41. The van der Waals surface area contributed by atoms with Gasteiger partial charge in [0.05, 0.1) is 0 Å². The van der Waals surface area contributed by atoms with E-state index in [4.69, 9.17) is 10.5 Å². The molecule has 0 radical (unpaired) electrons. The molecule has 1 atom stereocenters. The number of hydrogen-bond acceptors (Lipinski definition) is 3. The van der Waals surface area contributed by atoms with Crippen molar-refractivity contribution in [3.63, 3.8) is 0 Å². The Bertz CT molecular complexity index is 269. The third kappa shape index (κ3) is 8.24. The third-order valence-corrected chi connectivity index (χ3v) is 1.54. The number of nitrogens with two attached hydrogens (primary N) is 1. The zero-order valence-electron chi connectivity index (χ0n) is 10.2. The van der Waals surface area contributed by atoms with E-state index in [0.29, 0.717) is 12.4 Å². The van der Waals surface area contributed by atoms with Crippen molar-refractivity contribution in [3.05, 3.63) is 23.9 Å². The van der Waals surface area contributed by atoms with Crippen LogP contribution in [0.15, 0.2) is 18.3 Å². The molecular weight excluding hydrogens is 200 g/mol. The van der Waals surface area contributed by atoms with Crippen molar-refractivity contribution in [2.75, 3.05) is 6.54 Å². The van der Waals surface area contributed by atoms with E-state index in [1.807, 2.05) is 26.0 Å². The Labute approximate surface area is 102 Å². The average molecular weight is 228 g/mol. The summed E-state index contributed by atoms with van der Waals surface area (Å²) in [5, 5.41) is 0. The molecule has 3 heteroatoms. The summed E-state index contributed by atoms with van der Waals surface area (Å²) in [6.07, 6.45) is 3.01. The summed E-state index contributed by atoms with van der Waals surface area (Å²) >= 11 is 0. The Morgan fingerprint density at radius 3 is 2.50 bits per heavy atom. The Morgan fingerprint density at radius 1 is 1.50 bits per heavy atom. The van der Waals surface area contributed by atoms with Crippen LogP contribution in [0.2, 0.25) is 0 Å². The summed E-state index contributed by atoms with van der Waals surface area (Å²) in [4.78, 5) is 4.05. The topological polar surface area (TPSA) is 48.1 Å². The molecule has 0 fully saturated rings. The quantitative estimate of drug-likeness (QED) is 0.862. The highest BCUT2D eigenvalue weighted by Crippen LogP contribution is 2.09. The first-order chi connectivity index (χ1) is 7.13. The summed E-state index contributed by atoms with van der Waals surface area (Å²) in [5.41, 5.74) is 6.55. The van der Waals surface area contributed by atoms with Crippen LogP contribution in [-0.2, 0) is 0 Å². The Balaban J connectivity index is -0.000000356. The van der Waals surface area contributed by atoms with Crippen LogP contribution in [0.1, 0.15) is 41.6 Å². The van der Waals surface area contributed by atoms with E-state index in [9.17, 15) is 0 Å². The highest BCUT2D eigenvalue weighted by Gasteiger charge is 2.01. The minimum Gasteiger partial charge on any atom is -0.473 e. The first-order valence-corrected chi connectivity index (χ1v) is 5.43. The van der Waals surface area contributed by atoms with Crippen LogP contribution in [0.3, 0.4) is 0 Å². The van der Waals surface area contributed by atoms with E-state index in [1.54, 1.807) is 6.20 Å². The molecule has 96 valence electrons. The third-order valence-electron chi connectivity index (χ3n) is 1.54. The average Bonchev–Trinajstić information content (AvgIpc) is 2.19. The van der Waals surface area contributed by atoms with Crippen LogP contribution < -0.4 is 10.5 Å². The fraction of sp³-hybridized carbons (Fsp3) is 0.615. The van der Waals surface area contributed by atoms with Crippen LogP contribution in [0.5, 0.6) is 5.88 Å². The van der Waals surface area contributed by atoms with Gasteiger partial charge in [0.1, 0.15) is 6.10 Å². The lowest BCUT2D eigenvalue weighted by Gasteiger charge is -2.10. The molecule has 0 saturated carbocycles. The fourth-order valence-corrected chi connectivity index (χ4v) is 0.827. The lowest BCUT2D eigenvalue weighted by molar-refractivity contribution is 0.220. The largest absolute Gasteiger partial charge is 0.473 e. The molecular formula is C13H28N2O. The molecule has 0 bridgehead atoms. The molecule has 1 rings (SSSR count). The molecule has 0 aromatic carbocycles. The van der Waals surface area contributed by atoms with Crippen molar-refractivity contribution < 1.29 is 6.16 Å². The van der Waals surface area contributed by atoms with Gasteiger partial charge in [0.2, 0.25) is 5.88 Å². The molecule has 1 heterocycles. The highest BCUT2D eigenvalue weighted by molar-refractivity contribution is 5.18. The zero-order chi connectivity index (χ0) is 11.7. The second-order valence-corrected chi connectivity index (χ2v) is 3.54. The second-order valence-electron chi connectivity index (χ2n) is 3.54. The van der Waals surface area contributed by atoms with Gasteiger partial charge in [-0.3, -0.25) is 0 Å². The van der Waals surface area contributed by atoms with Gasteiger partial charge in [0.25, 0.3) is 0 Å². The number of ether oxygens (including phenoxy) is 1. The lowest BCUT2D eigenvalue weighted by Crippen LogP contribution is -2.23. The zero-order valence-corrected chi connectivity index (χ0v) is 10.2. The molecule has 1 aromatic rings. The molecule has 16 heavy (non-hydrogen) atoms. The van der Waals surface area contributed by atoms with Crippen molar-refractivity contribution in [2.45, 2.75) is 47.6 Å². The predicted molar refractivity (Wildman–Crippen MR) is 72.9 cm³/mol. The van der Waals surface area contributed by atoms with Crippen molar-refractivity contribution in [1.82, 2.24) is 4.98 Å². The number of hydrogen-bond donors (Lipinski definition) is 1. The lowest BCUT2D eigenvalue weighted by atomic mass is 10.3. The molecule has 0 spiro atoms. The molecule has 0 aliphatic rings. The number of rotatable bonds is 3. The van der Waals surface area contributed by atoms with Gasteiger partial charge in [-0.2, -0.15) is 0 Å². The number of pyridine rings is 1. The van der Waals surface area contributed by atoms with Gasteiger partial charge in [-0.05, 0) is 25.5 Å². The molecule has 0 unspecified atom stereocenters. The molecule has 2 N–H and O–H groups in total. The first kappa shape index (κ1) is 17.3. The summed E-state index contributed by atoms with van der Waals surface area (Å²) in [6.45, 7) is 8.68. The van der Waals surface area contributed by atoms with Crippen molar-refractivity contribution >= 4 is 0 Å². The van der Waals surface area contributed by atoms with Crippen molar-refractivity contribution in [1.29, 1.82) is 0 Å². The van der Waals surface area contributed by atoms with Crippen molar-refractivity contribution in [3.8, 4) is 5.88 Å².